The molecule has 1 aromatic carbocycles. The monoisotopic (exact) mass is 340 g/mol. The van der Waals surface area contributed by atoms with Crippen molar-refractivity contribution < 1.29 is 23.1 Å². The number of benzene rings is 1. The first-order chi connectivity index (χ1) is 10.7. The molecule has 1 amide bonds. The average molecular weight is 340 g/mol. The topological polar surface area (TPSA) is 104 Å². The number of hydrogen-bond acceptors (Lipinski definition) is 4. The fraction of sp³-hybridized carbons (Fsp3) is 0.467. The van der Waals surface area contributed by atoms with Crippen molar-refractivity contribution in [2.24, 2.45) is 0 Å². The Bertz CT molecular complexity index is 725. The summed E-state index contributed by atoms with van der Waals surface area (Å²) in [6.45, 7) is 2.42. The van der Waals surface area contributed by atoms with Crippen molar-refractivity contribution in [1.29, 1.82) is 0 Å². The molecule has 1 aromatic rings. The van der Waals surface area contributed by atoms with Gasteiger partial charge in [-0.25, -0.2) is 8.42 Å². The predicted molar refractivity (Wildman–Crippen MR) is 84.6 cm³/mol. The first-order valence-electron chi connectivity index (χ1n) is 7.33. The molecule has 23 heavy (non-hydrogen) atoms. The molecule has 0 aliphatic heterocycles. The van der Waals surface area contributed by atoms with Crippen molar-refractivity contribution in [3.63, 3.8) is 0 Å². The van der Waals surface area contributed by atoms with Gasteiger partial charge in [0.05, 0.1) is 4.90 Å². The lowest BCUT2D eigenvalue weighted by molar-refractivity contribution is -0.137. The fourth-order valence-corrected chi connectivity index (χ4v) is 4.39. The van der Waals surface area contributed by atoms with E-state index < -0.39 is 22.5 Å². The summed E-state index contributed by atoms with van der Waals surface area (Å²) in [6, 6.07) is 4.30. The zero-order valence-corrected chi connectivity index (χ0v) is 13.9. The molecule has 0 radical (unpaired) electrons. The lowest BCUT2D eigenvalue weighted by Gasteiger charge is -2.35. The van der Waals surface area contributed by atoms with Crippen molar-refractivity contribution in [1.82, 2.24) is 4.31 Å². The van der Waals surface area contributed by atoms with E-state index in [-0.39, 0.29) is 16.8 Å². The van der Waals surface area contributed by atoms with E-state index >= 15 is 0 Å². The van der Waals surface area contributed by atoms with Crippen LogP contribution in [0.1, 0.15) is 31.7 Å². The van der Waals surface area contributed by atoms with Crippen LogP contribution in [0.2, 0.25) is 0 Å². The number of sulfonamides is 1. The average Bonchev–Trinajstić information content (AvgIpc) is 2.37. The smallest absolute Gasteiger partial charge is 0.318 e. The van der Waals surface area contributed by atoms with Gasteiger partial charge in [0.1, 0.15) is 6.54 Å². The number of nitrogens with one attached hydrogen (secondary N) is 1. The summed E-state index contributed by atoms with van der Waals surface area (Å²) in [7, 11) is -3.94. The minimum absolute atomic E-state index is 0.0249. The standard InChI is InChI=1S/C15H20N2O5S/c1-10-6-7-12(16-11(2)18)8-14(10)23(21,22)17(9-15(19)20)13-4-3-5-13/h6-8,13H,3-5,9H2,1-2H3,(H,16,18)(H,19,20). The third-order valence-corrected chi connectivity index (χ3v) is 5.91. The molecular weight excluding hydrogens is 320 g/mol. The maximum absolute atomic E-state index is 12.9. The van der Waals surface area contributed by atoms with E-state index in [1.807, 2.05) is 0 Å². The van der Waals surface area contributed by atoms with Crippen molar-refractivity contribution in [2.45, 2.75) is 44.0 Å². The van der Waals surface area contributed by atoms with Gasteiger partial charge in [-0.05, 0) is 37.5 Å². The summed E-state index contributed by atoms with van der Waals surface area (Å²) in [5.41, 5.74) is 0.874. The second kappa shape index (κ2) is 6.67. The van der Waals surface area contributed by atoms with E-state index in [4.69, 9.17) is 5.11 Å². The molecule has 0 aromatic heterocycles. The molecule has 8 heteroatoms. The summed E-state index contributed by atoms with van der Waals surface area (Å²) in [4.78, 5) is 22.2. The molecule has 1 aliphatic rings. The predicted octanol–water partition coefficient (Wildman–Crippen LogP) is 1.58. The number of nitrogens with zero attached hydrogens (tertiary/aromatic N) is 1. The summed E-state index contributed by atoms with van der Waals surface area (Å²) in [6.07, 6.45) is 2.22. The summed E-state index contributed by atoms with van der Waals surface area (Å²) < 4.78 is 26.9. The van der Waals surface area contributed by atoms with E-state index in [2.05, 4.69) is 5.32 Å². The Labute approximate surface area is 135 Å². The van der Waals surface area contributed by atoms with E-state index in [1.165, 1.54) is 13.0 Å². The molecule has 0 atom stereocenters. The molecule has 0 heterocycles. The van der Waals surface area contributed by atoms with Crippen molar-refractivity contribution in [3.8, 4) is 0 Å². The zero-order chi connectivity index (χ0) is 17.2. The van der Waals surface area contributed by atoms with Gasteiger partial charge in [-0.1, -0.05) is 12.5 Å². The van der Waals surface area contributed by atoms with Gasteiger partial charge in [0.2, 0.25) is 15.9 Å². The highest BCUT2D eigenvalue weighted by Crippen LogP contribution is 2.31. The van der Waals surface area contributed by atoms with E-state index in [1.54, 1.807) is 19.1 Å². The molecule has 1 fully saturated rings. The van der Waals surface area contributed by atoms with Crippen molar-refractivity contribution in [3.05, 3.63) is 23.8 Å². The molecule has 2 N–H and O–H groups in total. The first-order valence-corrected chi connectivity index (χ1v) is 8.77. The lowest BCUT2D eigenvalue weighted by atomic mass is 9.93. The lowest BCUT2D eigenvalue weighted by Crippen LogP contribution is -2.46. The van der Waals surface area contributed by atoms with Gasteiger partial charge in [0, 0.05) is 18.7 Å². The zero-order valence-electron chi connectivity index (χ0n) is 13.1. The summed E-state index contributed by atoms with van der Waals surface area (Å²) in [5, 5.41) is 11.6. The Hall–Kier alpha value is -1.93. The fourth-order valence-electron chi connectivity index (χ4n) is 2.50. The highest BCUT2D eigenvalue weighted by atomic mass is 32.2. The van der Waals surface area contributed by atoms with Crippen LogP contribution in [0.15, 0.2) is 23.1 Å². The van der Waals surface area contributed by atoms with Crippen LogP contribution in [-0.2, 0) is 19.6 Å². The largest absolute Gasteiger partial charge is 0.480 e. The number of aliphatic carboxylic acids is 1. The number of carboxylic acid groups (broad SMARTS) is 1. The van der Waals surface area contributed by atoms with Crippen LogP contribution in [0, 0.1) is 6.92 Å². The summed E-state index contributed by atoms with van der Waals surface area (Å²) >= 11 is 0. The number of rotatable bonds is 6. The Balaban J connectivity index is 2.43. The maximum Gasteiger partial charge on any atom is 0.318 e. The quantitative estimate of drug-likeness (QED) is 0.818. The Morgan fingerprint density at radius 2 is 2.00 bits per heavy atom. The number of hydrogen-bond donors (Lipinski definition) is 2. The Kier molecular flexibility index (Phi) is 5.06. The molecule has 0 unspecified atom stereocenters. The number of aryl methyl sites for hydroxylation is 1. The van der Waals surface area contributed by atoms with Crippen LogP contribution in [0.25, 0.3) is 0 Å². The molecule has 7 nitrogen and oxygen atoms in total. The molecule has 1 saturated carbocycles. The first kappa shape index (κ1) is 17.4. The second-order valence-corrected chi connectivity index (χ2v) is 7.55. The van der Waals surface area contributed by atoms with Crippen molar-refractivity contribution >= 4 is 27.6 Å². The van der Waals surface area contributed by atoms with Gasteiger partial charge in [-0.3, -0.25) is 9.59 Å². The molecule has 0 saturated heterocycles. The van der Waals surface area contributed by atoms with E-state index in [0.717, 1.165) is 10.7 Å². The second-order valence-electron chi connectivity index (χ2n) is 5.69. The van der Waals surface area contributed by atoms with E-state index in [9.17, 15) is 18.0 Å². The van der Waals surface area contributed by atoms with Gasteiger partial charge >= 0.3 is 5.97 Å². The van der Waals surface area contributed by atoms with Crippen LogP contribution in [-0.4, -0.2) is 42.3 Å². The molecular formula is C15H20N2O5S. The number of carbonyl (C=O) groups is 2. The molecule has 1 aliphatic carbocycles. The SMILES string of the molecule is CC(=O)Nc1ccc(C)c(S(=O)(=O)N(CC(=O)O)C2CCC2)c1. The Morgan fingerprint density at radius 1 is 1.35 bits per heavy atom. The molecule has 0 bridgehead atoms. The minimum Gasteiger partial charge on any atom is -0.480 e. The number of anilines is 1. The van der Waals surface area contributed by atoms with Crippen LogP contribution >= 0.6 is 0 Å². The minimum atomic E-state index is -3.94. The van der Waals surface area contributed by atoms with Crippen molar-refractivity contribution in [2.75, 3.05) is 11.9 Å². The normalized spacial score (nSPS) is 15.3. The number of carboxylic acids is 1. The third-order valence-electron chi connectivity index (χ3n) is 3.87. The van der Waals surface area contributed by atoms with Crippen LogP contribution in [0.4, 0.5) is 5.69 Å². The van der Waals surface area contributed by atoms with Gasteiger partial charge < -0.3 is 10.4 Å². The van der Waals surface area contributed by atoms with Crippen LogP contribution in [0.3, 0.4) is 0 Å². The summed E-state index contributed by atoms with van der Waals surface area (Å²) in [5.74, 6) is -1.49. The highest BCUT2D eigenvalue weighted by Gasteiger charge is 2.37. The van der Waals surface area contributed by atoms with Gasteiger partial charge in [0.25, 0.3) is 0 Å². The van der Waals surface area contributed by atoms with Gasteiger partial charge in [-0.15, -0.1) is 0 Å². The van der Waals surface area contributed by atoms with Crippen LogP contribution in [0.5, 0.6) is 0 Å². The number of amides is 1. The molecule has 126 valence electrons. The van der Waals surface area contributed by atoms with Crippen LogP contribution < -0.4 is 5.32 Å². The third kappa shape index (κ3) is 3.89. The highest BCUT2D eigenvalue weighted by molar-refractivity contribution is 7.89. The van der Waals surface area contributed by atoms with Gasteiger partial charge in [0.15, 0.2) is 0 Å². The van der Waals surface area contributed by atoms with E-state index in [0.29, 0.717) is 24.1 Å². The van der Waals surface area contributed by atoms with Gasteiger partial charge in [-0.2, -0.15) is 4.31 Å². The number of carbonyl (C=O) groups excluding carboxylic acids is 1. The maximum atomic E-state index is 12.9. The molecule has 0 spiro atoms. The molecule has 2 rings (SSSR count). The Morgan fingerprint density at radius 3 is 2.48 bits per heavy atom.